The second-order valence-corrected chi connectivity index (χ2v) is 7.03. The molecule has 1 aromatic carbocycles. The lowest BCUT2D eigenvalue weighted by Gasteiger charge is -2.28. The van der Waals surface area contributed by atoms with Crippen molar-refractivity contribution in [1.29, 1.82) is 0 Å². The average Bonchev–Trinajstić information content (AvgIpc) is 2.79. The predicted molar refractivity (Wildman–Crippen MR) is 88.0 cm³/mol. The molecule has 124 valence electrons. The van der Waals surface area contributed by atoms with Crippen LogP contribution in [-0.4, -0.2) is 17.1 Å². The highest BCUT2D eigenvalue weighted by Gasteiger charge is 2.28. The lowest BCUT2D eigenvalue weighted by molar-refractivity contribution is 0.0909. The highest BCUT2D eigenvalue weighted by atomic mass is 35.5. The molecule has 1 heterocycles. The van der Waals surface area contributed by atoms with Gasteiger partial charge in [-0.3, -0.25) is 4.79 Å². The molecule has 4 nitrogen and oxygen atoms in total. The molecule has 23 heavy (non-hydrogen) atoms. The smallest absolute Gasteiger partial charge is 0.257 e. The standard InChI is InChI=1S/C17H20ClFN2O2/c1-9-13(16(22)20-10(2)17(3,4)5)15(21-23-9)14-11(18)7-6-8-12(14)19/h6-8,10H,1-5H3,(H,20,22)/t10-/m1/s1. The second-order valence-electron chi connectivity index (χ2n) is 6.62. The number of hydrogen-bond donors (Lipinski definition) is 1. The van der Waals surface area contributed by atoms with Crippen LogP contribution in [0.25, 0.3) is 11.3 Å². The maximum absolute atomic E-state index is 14.1. The number of amides is 1. The number of benzene rings is 1. The third kappa shape index (κ3) is 3.55. The number of hydrogen-bond acceptors (Lipinski definition) is 3. The van der Waals surface area contributed by atoms with Crippen LogP contribution in [0, 0.1) is 18.2 Å². The molecule has 0 aliphatic rings. The van der Waals surface area contributed by atoms with Crippen molar-refractivity contribution < 1.29 is 13.7 Å². The number of halogens is 2. The van der Waals surface area contributed by atoms with Crippen molar-refractivity contribution in [3.8, 4) is 11.3 Å². The van der Waals surface area contributed by atoms with E-state index in [1.165, 1.54) is 12.1 Å². The Balaban J connectivity index is 2.46. The first kappa shape index (κ1) is 17.5. The molecule has 1 aromatic heterocycles. The van der Waals surface area contributed by atoms with E-state index in [2.05, 4.69) is 10.5 Å². The van der Waals surface area contributed by atoms with Gasteiger partial charge >= 0.3 is 0 Å². The van der Waals surface area contributed by atoms with Gasteiger partial charge in [0.15, 0.2) is 0 Å². The van der Waals surface area contributed by atoms with Crippen LogP contribution in [-0.2, 0) is 0 Å². The SMILES string of the molecule is Cc1onc(-c2c(F)cccc2Cl)c1C(=O)N[C@H](C)C(C)(C)C. The van der Waals surface area contributed by atoms with Crippen LogP contribution in [0.2, 0.25) is 5.02 Å². The summed E-state index contributed by atoms with van der Waals surface area (Å²) in [5, 5.41) is 6.92. The summed E-state index contributed by atoms with van der Waals surface area (Å²) in [7, 11) is 0. The molecule has 0 saturated heterocycles. The number of aromatic nitrogens is 1. The van der Waals surface area contributed by atoms with Crippen LogP contribution in [0.4, 0.5) is 4.39 Å². The minimum absolute atomic E-state index is 0.0691. The highest BCUT2D eigenvalue weighted by molar-refractivity contribution is 6.33. The summed E-state index contributed by atoms with van der Waals surface area (Å²) in [5.74, 6) is -0.595. The molecular weight excluding hydrogens is 319 g/mol. The summed E-state index contributed by atoms with van der Waals surface area (Å²) in [6, 6.07) is 4.22. The summed E-state index contributed by atoms with van der Waals surface area (Å²) < 4.78 is 19.3. The minimum atomic E-state index is -0.552. The van der Waals surface area contributed by atoms with Gasteiger partial charge in [0.2, 0.25) is 0 Å². The second kappa shape index (κ2) is 6.32. The van der Waals surface area contributed by atoms with E-state index in [9.17, 15) is 9.18 Å². The molecule has 0 fully saturated rings. The van der Waals surface area contributed by atoms with Crippen molar-refractivity contribution >= 4 is 17.5 Å². The first-order valence-corrected chi connectivity index (χ1v) is 7.72. The van der Waals surface area contributed by atoms with Gasteiger partial charge in [-0.05, 0) is 31.4 Å². The molecule has 0 radical (unpaired) electrons. The molecule has 1 amide bonds. The van der Waals surface area contributed by atoms with E-state index in [-0.39, 0.29) is 39.2 Å². The van der Waals surface area contributed by atoms with Crippen molar-refractivity contribution in [2.45, 2.75) is 40.7 Å². The summed E-state index contributed by atoms with van der Waals surface area (Å²) in [5.41, 5.74) is 0.271. The molecule has 1 N–H and O–H groups in total. The molecule has 1 atom stereocenters. The molecule has 2 aromatic rings. The Kier molecular flexibility index (Phi) is 4.80. The zero-order valence-electron chi connectivity index (χ0n) is 13.8. The number of rotatable bonds is 3. The van der Waals surface area contributed by atoms with Gasteiger partial charge in [-0.25, -0.2) is 4.39 Å². The summed E-state index contributed by atoms with van der Waals surface area (Å²) >= 11 is 6.07. The Morgan fingerprint density at radius 3 is 2.61 bits per heavy atom. The molecule has 0 bridgehead atoms. The van der Waals surface area contributed by atoms with Gasteiger partial charge in [-0.1, -0.05) is 43.6 Å². The fourth-order valence-corrected chi connectivity index (χ4v) is 2.27. The van der Waals surface area contributed by atoms with Crippen LogP contribution in [0.3, 0.4) is 0 Å². The summed E-state index contributed by atoms with van der Waals surface area (Å²) in [4.78, 5) is 12.6. The monoisotopic (exact) mass is 338 g/mol. The maximum Gasteiger partial charge on any atom is 0.257 e. The van der Waals surface area contributed by atoms with Crippen LogP contribution < -0.4 is 5.32 Å². The van der Waals surface area contributed by atoms with Gasteiger partial charge in [-0.15, -0.1) is 0 Å². The van der Waals surface area contributed by atoms with E-state index in [1.54, 1.807) is 13.0 Å². The Labute approximate surface area is 140 Å². The Morgan fingerprint density at radius 2 is 2.04 bits per heavy atom. The molecule has 0 aliphatic carbocycles. The average molecular weight is 339 g/mol. The van der Waals surface area contributed by atoms with E-state index in [4.69, 9.17) is 16.1 Å². The van der Waals surface area contributed by atoms with Crippen LogP contribution in [0.5, 0.6) is 0 Å². The number of nitrogens with zero attached hydrogens (tertiary/aromatic N) is 1. The van der Waals surface area contributed by atoms with Gasteiger partial charge in [-0.2, -0.15) is 0 Å². The van der Waals surface area contributed by atoms with E-state index < -0.39 is 5.82 Å². The molecule has 0 spiro atoms. The Bertz CT molecular complexity index is 714. The van der Waals surface area contributed by atoms with Crippen molar-refractivity contribution in [2.24, 2.45) is 5.41 Å². The number of nitrogens with one attached hydrogen (secondary N) is 1. The van der Waals surface area contributed by atoms with Gasteiger partial charge in [0.05, 0.1) is 10.6 Å². The number of carbonyl (C=O) groups excluding carboxylic acids is 1. The quantitative estimate of drug-likeness (QED) is 0.889. The molecule has 0 unspecified atom stereocenters. The first-order chi connectivity index (χ1) is 10.6. The van der Waals surface area contributed by atoms with E-state index in [0.29, 0.717) is 5.76 Å². The van der Waals surface area contributed by atoms with Gasteiger partial charge in [0.1, 0.15) is 22.8 Å². The van der Waals surface area contributed by atoms with Crippen LogP contribution in [0.1, 0.15) is 43.8 Å². The van der Waals surface area contributed by atoms with Crippen molar-refractivity contribution in [3.05, 3.63) is 40.4 Å². The zero-order valence-corrected chi connectivity index (χ0v) is 14.6. The van der Waals surface area contributed by atoms with Crippen LogP contribution in [0.15, 0.2) is 22.7 Å². The fourth-order valence-electron chi connectivity index (χ4n) is 2.02. The van der Waals surface area contributed by atoms with E-state index in [0.717, 1.165) is 0 Å². The van der Waals surface area contributed by atoms with Crippen LogP contribution >= 0.6 is 11.6 Å². The van der Waals surface area contributed by atoms with Crippen molar-refractivity contribution in [2.75, 3.05) is 0 Å². The van der Waals surface area contributed by atoms with Gasteiger partial charge < -0.3 is 9.84 Å². The molecule has 0 saturated carbocycles. The molecular formula is C17H20ClFN2O2. The molecule has 2 rings (SSSR count). The minimum Gasteiger partial charge on any atom is -0.360 e. The normalized spacial score (nSPS) is 13.0. The Morgan fingerprint density at radius 1 is 1.39 bits per heavy atom. The van der Waals surface area contributed by atoms with E-state index >= 15 is 0 Å². The first-order valence-electron chi connectivity index (χ1n) is 7.34. The zero-order chi connectivity index (χ0) is 17.4. The number of carbonyl (C=O) groups is 1. The molecule has 6 heteroatoms. The van der Waals surface area contributed by atoms with E-state index in [1.807, 2.05) is 27.7 Å². The number of aryl methyl sites for hydroxylation is 1. The lowest BCUT2D eigenvalue weighted by atomic mass is 9.88. The fraction of sp³-hybridized carbons (Fsp3) is 0.412. The summed E-state index contributed by atoms with van der Waals surface area (Å²) in [6.45, 7) is 9.59. The third-order valence-electron chi connectivity index (χ3n) is 3.94. The van der Waals surface area contributed by atoms with Gasteiger partial charge in [0.25, 0.3) is 5.91 Å². The largest absolute Gasteiger partial charge is 0.360 e. The van der Waals surface area contributed by atoms with Gasteiger partial charge in [0, 0.05) is 6.04 Å². The predicted octanol–water partition coefficient (Wildman–Crippen LogP) is 4.61. The molecule has 0 aliphatic heterocycles. The van der Waals surface area contributed by atoms with Crippen molar-refractivity contribution in [3.63, 3.8) is 0 Å². The highest BCUT2D eigenvalue weighted by Crippen LogP contribution is 2.33. The van der Waals surface area contributed by atoms with Crippen molar-refractivity contribution in [1.82, 2.24) is 10.5 Å². The Hall–Kier alpha value is -1.88. The third-order valence-corrected chi connectivity index (χ3v) is 4.25. The summed E-state index contributed by atoms with van der Waals surface area (Å²) in [6.07, 6.45) is 0. The topological polar surface area (TPSA) is 55.1 Å². The maximum atomic E-state index is 14.1. The lowest BCUT2D eigenvalue weighted by Crippen LogP contribution is -2.41.